The van der Waals surface area contributed by atoms with Gasteiger partial charge in [-0.05, 0) is 56.6 Å². The number of rotatable bonds is 8. The zero-order chi connectivity index (χ0) is 27.8. The summed E-state index contributed by atoms with van der Waals surface area (Å²) in [6.07, 6.45) is 0.475. The molecule has 0 spiro atoms. The fourth-order valence-corrected chi connectivity index (χ4v) is 5.97. The van der Waals surface area contributed by atoms with Gasteiger partial charge in [-0.15, -0.1) is 0 Å². The second kappa shape index (κ2) is 10.6. The van der Waals surface area contributed by atoms with Gasteiger partial charge in [-0.25, -0.2) is 0 Å². The van der Waals surface area contributed by atoms with Gasteiger partial charge in [0.15, 0.2) is 0 Å². The molecule has 1 aromatic rings. The third-order valence-corrected chi connectivity index (χ3v) is 7.99. The van der Waals surface area contributed by atoms with Crippen LogP contribution in [-0.4, -0.2) is 72.8 Å². The van der Waals surface area contributed by atoms with E-state index in [-0.39, 0.29) is 30.1 Å². The standard InChI is InChI=1S/C28H39N3O7/c1-7-37-20-13-21(32)38-24(20)30-26(35)28-12-11-17(14-28)15-31(28)25(34)22(27(3,4)5)29-23(33)18-9-8-10-19(36-6)16(18)2/h8-10,17,20,22,24H,7,11-15H2,1-6H3,(H,29,33)(H,30,35)/t17-,20+,22-,24+,28+/m1/s1. The molecule has 5 atom stereocenters. The molecule has 0 radical (unpaired) electrons. The minimum atomic E-state index is -1.06. The zero-order valence-corrected chi connectivity index (χ0v) is 23.1. The second-order valence-electron chi connectivity index (χ2n) is 11.6. The van der Waals surface area contributed by atoms with Crippen LogP contribution >= 0.6 is 0 Å². The highest BCUT2D eigenvalue weighted by Gasteiger charge is 2.59. The van der Waals surface area contributed by atoms with Crippen LogP contribution in [0, 0.1) is 18.3 Å². The first-order chi connectivity index (χ1) is 17.9. The second-order valence-corrected chi connectivity index (χ2v) is 11.6. The number of hydrogen-bond donors (Lipinski definition) is 2. The van der Waals surface area contributed by atoms with Crippen molar-refractivity contribution in [3.63, 3.8) is 0 Å². The number of hydrogen-bond acceptors (Lipinski definition) is 7. The Kier molecular flexibility index (Phi) is 7.74. The van der Waals surface area contributed by atoms with E-state index in [1.165, 1.54) is 0 Å². The predicted molar refractivity (Wildman–Crippen MR) is 138 cm³/mol. The van der Waals surface area contributed by atoms with Crippen LogP contribution in [0.1, 0.15) is 69.3 Å². The number of ether oxygens (including phenoxy) is 3. The number of piperidine rings is 1. The van der Waals surface area contributed by atoms with Crippen molar-refractivity contribution in [2.75, 3.05) is 20.3 Å². The molecule has 0 aromatic heterocycles. The number of amides is 3. The summed E-state index contributed by atoms with van der Waals surface area (Å²) in [6, 6.07) is 4.34. The maximum absolute atomic E-state index is 14.1. The predicted octanol–water partition coefficient (Wildman–Crippen LogP) is 2.32. The number of benzene rings is 1. The van der Waals surface area contributed by atoms with Crippen molar-refractivity contribution >= 4 is 23.7 Å². The lowest BCUT2D eigenvalue weighted by molar-refractivity contribution is -0.154. The Morgan fingerprint density at radius 3 is 2.63 bits per heavy atom. The smallest absolute Gasteiger partial charge is 0.310 e. The minimum absolute atomic E-state index is 0.0683. The van der Waals surface area contributed by atoms with Crippen molar-refractivity contribution in [3.05, 3.63) is 29.3 Å². The van der Waals surface area contributed by atoms with Crippen LogP contribution < -0.4 is 15.4 Å². The molecule has 10 nitrogen and oxygen atoms in total. The highest BCUT2D eigenvalue weighted by Crippen LogP contribution is 2.47. The van der Waals surface area contributed by atoms with E-state index in [1.54, 1.807) is 37.1 Å². The number of fused-ring (bicyclic) bond motifs is 2. The first-order valence-electron chi connectivity index (χ1n) is 13.3. The molecule has 10 heteroatoms. The van der Waals surface area contributed by atoms with Gasteiger partial charge in [0.05, 0.1) is 13.5 Å². The average molecular weight is 530 g/mol. The SMILES string of the molecule is CCO[C@H]1CC(=O)O[C@@H]1NC(=O)[C@@]12CC[C@@H](CN1C(=O)[C@@H](NC(=O)c1cccc(OC)c1C)C(C)(C)C)C2. The number of nitrogens with zero attached hydrogens (tertiary/aromatic N) is 1. The molecule has 3 fully saturated rings. The van der Waals surface area contributed by atoms with Gasteiger partial charge in [-0.3, -0.25) is 19.2 Å². The summed E-state index contributed by atoms with van der Waals surface area (Å²) >= 11 is 0. The maximum Gasteiger partial charge on any atom is 0.310 e. The molecular weight excluding hydrogens is 490 g/mol. The monoisotopic (exact) mass is 529 g/mol. The first kappa shape index (κ1) is 27.9. The normalized spacial score (nSPS) is 27.2. The first-order valence-corrected chi connectivity index (χ1v) is 13.3. The van der Waals surface area contributed by atoms with Crippen LogP contribution in [-0.2, 0) is 23.9 Å². The van der Waals surface area contributed by atoms with Gasteiger partial charge < -0.3 is 29.7 Å². The van der Waals surface area contributed by atoms with Crippen LogP contribution in [0.4, 0.5) is 0 Å². The van der Waals surface area contributed by atoms with E-state index in [2.05, 4.69) is 10.6 Å². The molecule has 2 saturated heterocycles. The van der Waals surface area contributed by atoms with E-state index in [0.29, 0.717) is 42.9 Å². The summed E-state index contributed by atoms with van der Waals surface area (Å²) in [6.45, 7) is 10.1. The van der Waals surface area contributed by atoms with Gasteiger partial charge in [-0.1, -0.05) is 26.8 Å². The van der Waals surface area contributed by atoms with Crippen molar-refractivity contribution in [2.24, 2.45) is 11.3 Å². The Morgan fingerprint density at radius 1 is 1.26 bits per heavy atom. The van der Waals surface area contributed by atoms with Crippen LogP contribution in [0.3, 0.4) is 0 Å². The largest absolute Gasteiger partial charge is 0.496 e. The fraction of sp³-hybridized carbons (Fsp3) is 0.643. The number of esters is 1. The topological polar surface area (TPSA) is 123 Å². The summed E-state index contributed by atoms with van der Waals surface area (Å²) in [5.74, 6) is -0.684. The summed E-state index contributed by atoms with van der Waals surface area (Å²) < 4.78 is 16.3. The molecule has 1 saturated carbocycles. The third kappa shape index (κ3) is 5.10. The molecule has 0 unspecified atom stereocenters. The quantitative estimate of drug-likeness (QED) is 0.496. The van der Waals surface area contributed by atoms with Crippen molar-refractivity contribution < 1.29 is 33.4 Å². The van der Waals surface area contributed by atoms with E-state index < -0.39 is 35.3 Å². The van der Waals surface area contributed by atoms with Crippen molar-refractivity contribution in [3.8, 4) is 5.75 Å². The lowest BCUT2D eigenvalue weighted by Crippen LogP contribution is -2.64. The molecular formula is C28H39N3O7. The Hall–Kier alpha value is -3.14. The summed E-state index contributed by atoms with van der Waals surface area (Å²) in [5.41, 5.74) is -0.585. The maximum atomic E-state index is 14.1. The molecule has 208 valence electrons. The molecule has 38 heavy (non-hydrogen) atoms. The third-order valence-electron chi connectivity index (χ3n) is 7.99. The van der Waals surface area contributed by atoms with E-state index >= 15 is 0 Å². The summed E-state index contributed by atoms with van der Waals surface area (Å²) in [4.78, 5) is 54.7. The number of methoxy groups -OCH3 is 1. The van der Waals surface area contributed by atoms with E-state index in [0.717, 1.165) is 6.42 Å². The minimum Gasteiger partial charge on any atom is -0.496 e. The fourth-order valence-electron chi connectivity index (χ4n) is 5.97. The van der Waals surface area contributed by atoms with Gasteiger partial charge in [0.25, 0.3) is 5.91 Å². The number of cyclic esters (lactones) is 1. The lowest BCUT2D eigenvalue weighted by Gasteiger charge is -2.42. The number of likely N-dealkylation sites (tertiary alicyclic amines) is 1. The molecule has 2 heterocycles. The molecule has 1 aliphatic carbocycles. The van der Waals surface area contributed by atoms with Crippen molar-refractivity contribution in [2.45, 2.75) is 84.2 Å². The molecule has 2 N–H and O–H groups in total. The molecule has 3 aliphatic rings. The zero-order valence-electron chi connectivity index (χ0n) is 23.1. The van der Waals surface area contributed by atoms with Gasteiger partial charge in [0.1, 0.15) is 23.4 Å². The van der Waals surface area contributed by atoms with Crippen molar-refractivity contribution in [1.29, 1.82) is 0 Å². The van der Waals surface area contributed by atoms with Crippen LogP contribution in [0.5, 0.6) is 5.75 Å². The van der Waals surface area contributed by atoms with Crippen LogP contribution in [0.15, 0.2) is 18.2 Å². The summed E-state index contributed by atoms with van der Waals surface area (Å²) in [5, 5.41) is 5.81. The Labute approximate surface area is 223 Å². The van der Waals surface area contributed by atoms with Gasteiger partial charge in [0.2, 0.25) is 18.0 Å². The Bertz CT molecular complexity index is 1110. The van der Waals surface area contributed by atoms with Crippen molar-refractivity contribution in [1.82, 2.24) is 15.5 Å². The van der Waals surface area contributed by atoms with E-state index in [1.807, 2.05) is 27.7 Å². The molecule has 2 bridgehead atoms. The van der Waals surface area contributed by atoms with E-state index in [9.17, 15) is 19.2 Å². The van der Waals surface area contributed by atoms with E-state index in [4.69, 9.17) is 14.2 Å². The van der Waals surface area contributed by atoms with Gasteiger partial charge in [-0.2, -0.15) is 0 Å². The highest BCUT2D eigenvalue weighted by atomic mass is 16.6. The van der Waals surface area contributed by atoms with Gasteiger partial charge in [0, 0.05) is 24.3 Å². The molecule has 2 aliphatic heterocycles. The Balaban J connectivity index is 1.57. The van der Waals surface area contributed by atoms with Crippen LogP contribution in [0.2, 0.25) is 0 Å². The highest BCUT2D eigenvalue weighted by molar-refractivity contribution is 6.01. The average Bonchev–Trinajstić information content (AvgIpc) is 3.55. The van der Waals surface area contributed by atoms with Crippen LogP contribution in [0.25, 0.3) is 0 Å². The molecule has 4 rings (SSSR count). The number of nitrogens with one attached hydrogen (secondary N) is 2. The summed E-state index contributed by atoms with van der Waals surface area (Å²) in [7, 11) is 1.54. The Morgan fingerprint density at radius 2 is 2.00 bits per heavy atom. The number of carbonyl (C=O) groups excluding carboxylic acids is 4. The molecule has 1 aromatic carbocycles. The van der Waals surface area contributed by atoms with Gasteiger partial charge >= 0.3 is 5.97 Å². The molecule has 3 amide bonds. The number of carbonyl (C=O) groups is 4. The lowest BCUT2D eigenvalue weighted by atomic mass is 9.84.